The topological polar surface area (TPSA) is 71.1 Å². The van der Waals surface area contributed by atoms with Crippen LogP contribution in [0.4, 0.5) is 10.7 Å². The normalized spacial score (nSPS) is 9.94. The zero-order chi connectivity index (χ0) is 12.7. The first-order valence-electron chi connectivity index (χ1n) is 5.84. The summed E-state index contributed by atoms with van der Waals surface area (Å²) in [5.41, 5.74) is 6.24. The number of ether oxygens (including phenoxy) is 1. The van der Waals surface area contributed by atoms with E-state index < -0.39 is 0 Å². The number of nitrogens with zero attached hydrogens (tertiary/aromatic N) is 1. The number of nitrogens with one attached hydrogen (secondary N) is 1. The average Bonchev–Trinajstić information content (AvgIpc) is 2.65. The molecule has 0 radical (unpaired) electrons. The highest BCUT2D eigenvalue weighted by atomic mass is 32.1. The van der Waals surface area contributed by atoms with Crippen molar-refractivity contribution in [1.82, 2.24) is 0 Å². The van der Waals surface area contributed by atoms with Crippen LogP contribution in [0.3, 0.4) is 0 Å². The molecular formula is C12H19N3OS. The Morgan fingerprint density at radius 2 is 2.18 bits per heavy atom. The predicted octanol–water partition coefficient (Wildman–Crippen LogP) is 3.20. The van der Waals surface area contributed by atoms with E-state index in [0.29, 0.717) is 16.3 Å². The molecule has 5 heteroatoms. The van der Waals surface area contributed by atoms with Crippen molar-refractivity contribution in [2.24, 2.45) is 0 Å². The molecule has 1 rings (SSSR count). The molecule has 0 aromatic carbocycles. The Morgan fingerprint density at radius 1 is 1.41 bits per heavy atom. The minimum atomic E-state index is 0.441. The smallest absolute Gasteiger partial charge is 0.177 e. The van der Waals surface area contributed by atoms with E-state index in [2.05, 4.69) is 18.3 Å². The van der Waals surface area contributed by atoms with Gasteiger partial charge in [-0.05, 0) is 6.42 Å². The number of nitrogens with two attached hydrogens (primary N) is 1. The van der Waals surface area contributed by atoms with Crippen LogP contribution >= 0.6 is 11.3 Å². The van der Waals surface area contributed by atoms with Gasteiger partial charge in [0.1, 0.15) is 21.6 Å². The molecule has 0 unspecified atom stereocenters. The molecule has 0 aliphatic carbocycles. The Labute approximate surface area is 106 Å². The van der Waals surface area contributed by atoms with Crippen molar-refractivity contribution >= 4 is 22.0 Å². The lowest BCUT2D eigenvalue weighted by molar-refractivity contribution is 0.420. The van der Waals surface area contributed by atoms with Crippen LogP contribution in [0, 0.1) is 11.3 Å². The second-order valence-electron chi connectivity index (χ2n) is 3.81. The van der Waals surface area contributed by atoms with Gasteiger partial charge in [0.15, 0.2) is 5.75 Å². The Hall–Kier alpha value is -1.41. The second kappa shape index (κ2) is 7.02. The van der Waals surface area contributed by atoms with Gasteiger partial charge in [-0.1, -0.05) is 26.2 Å². The lowest BCUT2D eigenvalue weighted by Gasteiger charge is -2.06. The van der Waals surface area contributed by atoms with Gasteiger partial charge in [-0.3, -0.25) is 0 Å². The summed E-state index contributed by atoms with van der Waals surface area (Å²) in [7, 11) is 1.57. The number of anilines is 2. The van der Waals surface area contributed by atoms with Gasteiger partial charge in [-0.25, -0.2) is 0 Å². The number of nitriles is 1. The van der Waals surface area contributed by atoms with E-state index in [0.717, 1.165) is 18.0 Å². The number of hydrogen-bond donors (Lipinski definition) is 2. The Bertz CT molecular complexity index is 395. The summed E-state index contributed by atoms with van der Waals surface area (Å²) >= 11 is 1.35. The van der Waals surface area contributed by atoms with Crippen molar-refractivity contribution in [3.63, 3.8) is 0 Å². The third kappa shape index (κ3) is 3.53. The van der Waals surface area contributed by atoms with E-state index >= 15 is 0 Å². The maximum absolute atomic E-state index is 8.89. The molecule has 94 valence electrons. The molecule has 1 aromatic heterocycles. The maximum Gasteiger partial charge on any atom is 0.177 e. The van der Waals surface area contributed by atoms with Crippen LogP contribution < -0.4 is 15.8 Å². The third-order valence-electron chi connectivity index (χ3n) is 2.52. The molecule has 0 spiro atoms. The summed E-state index contributed by atoms with van der Waals surface area (Å²) < 4.78 is 5.21. The summed E-state index contributed by atoms with van der Waals surface area (Å²) in [5.74, 6) is 0.599. The largest absolute Gasteiger partial charge is 0.492 e. The number of thiophene rings is 1. The number of nitrogen functional groups attached to an aromatic ring is 1. The first-order chi connectivity index (χ1) is 8.24. The highest BCUT2D eigenvalue weighted by molar-refractivity contribution is 7.17. The number of rotatable bonds is 7. The van der Waals surface area contributed by atoms with Crippen LogP contribution in [0.25, 0.3) is 0 Å². The molecule has 3 N–H and O–H groups in total. The van der Waals surface area contributed by atoms with Crippen LogP contribution in [-0.2, 0) is 0 Å². The zero-order valence-electron chi connectivity index (χ0n) is 10.4. The maximum atomic E-state index is 8.89. The lowest BCUT2D eigenvalue weighted by atomic mass is 10.2. The van der Waals surface area contributed by atoms with E-state index in [-0.39, 0.29) is 0 Å². The Balaban J connectivity index is 2.56. The monoisotopic (exact) mass is 253 g/mol. The number of hydrogen-bond acceptors (Lipinski definition) is 5. The van der Waals surface area contributed by atoms with Crippen molar-refractivity contribution in [2.45, 2.75) is 32.6 Å². The molecule has 0 amide bonds. The first-order valence-corrected chi connectivity index (χ1v) is 6.66. The quantitative estimate of drug-likeness (QED) is 0.732. The molecule has 0 aliphatic heterocycles. The summed E-state index contributed by atoms with van der Waals surface area (Å²) in [6.45, 7) is 3.08. The van der Waals surface area contributed by atoms with E-state index in [9.17, 15) is 0 Å². The van der Waals surface area contributed by atoms with Gasteiger partial charge in [0.05, 0.1) is 7.11 Å². The van der Waals surface area contributed by atoms with E-state index in [1.165, 1.54) is 30.6 Å². The van der Waals surface area contributed by atoms with Gasteiger partial charge >= 0.3 is 0 Å². The fourth-order valence-electron chi connectivity index (χ4n) is 1.58. The third-order valence-corrected chi connectivity index (χ3v) is 3.57. The van der Waals surface area contributed by atoms with Gasteiger partial charge in [-0.2, -0.15) is 5.26 Å². The number of methoxy groups -OCH3 is 1. The molecule has 0 atom stereocenters. The van der Waals surface area contributed by atoms with Gasteiger partial charge in [0.25, 0.3) is 0 Å². The zero-order valence-corrected chi connectivity index (χ0v) is 11.2. The van der Waals surface area contributed by atoms with Crippen molar-refractivity contribution < 1.29 is 4.74 Å². The standard InChI is InChI=1S/C12H19N3OS/c1-3-4-5-6-7-15-12-11(16-2)10(14)9(8-13)17-12/h15H,3-7,14H2,1-2H3. The summed E-state index contributed by atoms with van der Waals surface area (Å²) in [5, 5.41) is 13.0. The minimum Gasteiger partial charge on any atom is -0.492 e. The molecule has 0 aliphatic rings. The molecule has 1 heterocycles. The van der Waals surface area contributed by atoms with E-state index in [1.807, 2.05) is 0 Å². The van der Waals surface area contributed by atoms with Crippen LogP contribution in [0.1, 0.15) is 37.5 Å². The summed E-state index contributed by atoms with van der Waals surface area (Å²) in [6, 6.07) is 2.07. The van der Waals surface area contributed by atoms with Gasteiger partial charge in [0.2, 0.25) is 0 Å². The van der Waals surface area contributed by atoms with Gasteiger partial charge in [0, 0.05) is 6.54 Å². The Morgan fingerprint density at radius 3 is 2.76 bits per heavy atom. The van der Waals surface area contributed by atoms with Crippen molar-refractivity contribution in [2.75, 3.05) is 24.7 Å². The molecular weight excluding hydrogens is 234 g/mol. The summed E-state index contributed by atoms with van der Waals surface area (Å²) in [4.78, 5) is 0.512. The molecule has 0 bridgehead atoms. The highest BCUT2D eigenvalue weighted by Gasteiger charge is 2.15. The van der Waals surface area contributed by atoms with Gasteiger partial charge in [-0.15, -0.1) is 11.3 Å². The molecule has 17 heavy (non-hydrogen) atoms. The molecule has 0 fully saturated rings. The van der Waals surface area contributed by atoms with Crippen molar-refractivity contribution in [3.05, 3.63) is 4.88 Å². The van der Waals surface area contributed by atoms with E-state index in [4.69, 9.17) is 15.7 Å². The molecule has 0 saturated heterocycles. The SMILES string of the molecule is CCCCCCNc1sc(C#N)c(N)c1OC. The van der Waals surface area contributed by atoms with Crippen molar-refractivity contribution in [3.8, 4) is 11.8 Å². The minimum absolute atomic E-state index is 0.441. The van der Waals surface area contributed by atoms with Crippen LogP contribution in [0.5, 0.6) is 5.75 Å². The lowest BCUT2D eigenvalue weighted by Crippen LogP contribution is -2.01. The van der Waals surface area contributed by atoms with Crippen LogP contribution in [-0.4, -0.2) is 13.7 Å². The molecule has 0 saturated carbocycles. The molecule has 4 nitrogen and oxygen atoms in total. The fraction of sp³-hybridized carbons (Fsp3) is 0.583. The van der Waals surface area contributed by atoms with Crippen LogP contribution in [0.2, 0.25) is 0 Å². The Kier molecular flexibility index (Phi) is 5.64. The van der Waals surface area contributed by atoms with Gasteiger partial charge < -0.3 is 15.8 Å². The first kappa shape index (κ1) is 13.7. The molecule has 1 aromatic rings. The fourth-order valence-corrected chi connectivity index (χ4v) is 2.50. The predicted molar refractivity (Wildman–Crippen MR) is 72.6 cm³/mol. The van der Waals surface area contributed by atoms with E-state index in [1.54, 1.807) is 7.11 Å². The number of unbranched alkanes of at least 4 members (excludes halogenated alkanes) is 3. The summed E-state index contributed by atoms with van der Waals surface area (Å²) in [6.07, 6.45) is 4.83. The van der Waals surface area contributed by atoms with Crippen molar-refractivity contribution in [1.29, 1.82) is 5.26 Å². The van der Waals surface area contributed by atoms with Crippen LogP contribution in [0.15, 0.2) is 0 Å². The average molecular weight is 253 g/mol. The highest BCUT2D eigenvalue weighted by Crippen LogP contribution is 2.41. The second-order valence-corrected chi connectivity index (χ2v) is 4.83.